The molecule has 3 aromatic rings. The van der Waals surface area contributed by atoms with E-state index in [4.69, 9.17) is 0 Å². The van der Waals surface area contributed by atoms with Crippen LogP contribution in [0.3, 0.4) is 0 Å². The van der Waals surface area contributed by atoms with Gasteiger partial charge in [0.25, 0.3) is 11.5 Å². The number of pyridine rings is 1. The van der Waals surface area contributed by atoms with E-state index in [1.54, 1.807) is 17.0 Å². The summed E-state index contributed by atoms with van der Waals surface area (Å²) in [5.74, 6) is -0.122. The number of piperazine rings is 1. The first-order chi connectivity index (χ1) is 14.0. The second kappa shape index (κ2) is 8.00. The van der Waals surface area contributed by atoms with Gasteiger partial charge in [-0.1, -0.05) is 18.2 Å². The van der Waals surface area contributed by atoms with Crippen LogP contribution in [0.1, 0.15) is 16.1 Å². The molecule has 8 nitrogen and oxygen atoms in total. The molecule has 1 aliphatic heterocycles. The number of carbonyl (C=O) groups is 1. The zero-order valence-electron chi connectivity index (χ0n) is 16.3. The number of aromatic nitrogens is 3. The molecule has 1 amide bonds. The maximum Gasteiger partial charge on any atom is 0.266 e. The van der Waals surface area contributed by atoms with E-state index in [0.717, 1.165) is 11.1 Å². The van der Waals surface area contributed by atoms with Gasteiger partial charge in [0, 0.05) is 55.8 Å². The molecule has 1 saturated heterocycles. The van der Waals surface area contributed by atoms with Gasteiger partial charge < -0.3 is 9.88 Å². The first kappa shape index (κ1) is 19.1. The first-order valence-corrected chi connectivity index (χ1v) is 9.70. The predicted molar refractivity (Wildman–Crippen MR) is 110 cm³/mol. The van der Waals surface area contributed by atoms with Crippen molar-refractivity contribution in [1.82, 2.24) is 24.6 Å². The predicted octanol–water partition coefficient (Wildman–Crippen LogP) is 0.851. The Morgan fingerprint density at radius 3 is 2.59 bits per heavy atom. The Labute approximate surface area is 167 Å². The maximum absolute atomic E-state index is 13.0. The molecule has 0 saturated carbocycles. The van der Waals surface area contributed by atoms with Gasteiger partial charge in [0.05, 0.1) is 17.8 Å². The Hall–Kier alpha value is -3.26. The summed E-state index contributed by atoms with van der Waals surface area (Å²) >= 11 is 0. The molecule has 150 valence electrons. The summed E-state index contributed by atoms with van der Waals surface area (Å²) in [4.78, 5) is 43.6. The van der Waals surface area contributed by atoms with Crippen LogP contribution < -0.4 is 11.1 Å². The van der Waals surface area contributed by atoms with Crippen LogP contribution in [0, 0.1) is 6.92 Å². The van der Waals surface area contributed by atoms with Gasteiger partial charge >= 0.3 is 0 Å². The van der Waals surface area contributed by atoms with Crippen molar-refractivity contribution in [2.45, 2.75) is 13.5 Å². The fraction of sp³-hybridized carbons (Fsp3) is 0.333. The fourth-order valence-electron chi connectivity index (χ4n) is 3.67. The lowest BCUT2D eigenvalue weighted by Gasteiger charge is -2.34. The van der Waals surface area contributed by atoms with E-state index in [2.05, 4.69) is 15.0 Å². The molecule has 0 atom stereocenters. The highest BCUT2D eigenvalue weighted by Crippen LogP contribution is 2.17. The van der Waals surface area contributed by atoms with Gasteiger partial charge in [-0.2, -0.15) is 5.10 Å². The van der Waals surface area contributed by atoms with Gasteiger partial charge in [0.15, 0.2) is 0 Å². The van der Waals surface area contributed by atoms with Crippen molar-refractivity contribution < 1.29 is 4.79 Å². The molecule has 1 aromatic carbocycles. The lowest BCUT2D eigenvalue weighted by Crippen LogP contribution is -2.49. The number of aromatic amines is 1. The number of para-hydroxylation sites is 1. The molecule has 0 radical (unpaired) electrons. The quantitative estimate of drug-likeness (QED) is 0.710. The van der Waals surface area contributed by atoms with Crippen molar-refractivity contribution in [3.05, 3.63) is 74.4 Å². The van der Waals surface area contributed by atoms with Crippen LogP contribution in [-0.4, -0.2) is 63.2 Å². The number of carbonyl (C=O) groups excluding carboxylic acids is 1. The highest BCUT2D eigenvalue weighted by Gasteiger charge is 2.23. The number of H-pyrrole nitrogens is 1. The molecule has 8 heteroatoms. The molecular formula is C21H23N5O3. The van der Waals surface area contributed by atoms with E-state index in [1.165, 1.54) is 16.8 Å². The van der Waals surface area contributed by atoms with Crippen LogP contribution >= 0.6 is 0 Å². The standard InChI is InChI=1S/C21H23N5O3/c1-15-6-7-20(28)26(23-15)13-10-24-8-11-25(12-9-24)21(29)17-14-19(27)22-18-5-3-2-4-16(17)18/h2-7,14H,8-13H2,1H3,(H,22,27). The van der Waals surface area contributed by atoms with Crippen molar-refractivity contribution >= 4 is 16.8 Å². The third kappa shape index (κ3) is 4.12. The van der Waals surface area contributed by atoms with Crippen molar-refractivity contribution in [3.8, 4) is 0 Å². The number of benzene rings is 1. The van der Waals surface area contributed by atoms with Gasteiger partial charge in [0.2, 0.25) is 5.56 Å². The number of rotatable bonds is 4. The summed E-state index contributed by atoms with van der Waals surface area (Å²) in [6.45, 7) is 5.67. The van der Waals surface area contributed by atoms with Crippen LogP contribution in [-0.2, 0) is 6.54 Å². The van der Waals surface area contributed by atoms with Crippen LogP contribution in [0.4, 0.5) is 0 Å². The summed E-state index contributed by atoms with van der Waals surface area (Å²) in [5.41, 5.74) is 1.53. The van der Waals surface area contributed by atoms with Gasteiger partial charge in [0.1, 0.15) is 0 Å². The zero-order chi connectivity index (χ0) is 20.4. The van der Waals surface area contributed by atoms with E-state index >= 15 is 0 Å². The smallest absolute Gasteiger partial charge is 0.266 e. The van der Waals surface area contributed by atoms with Crippen molar-refractivity contribution in [2.75, 3.05) is 32.7 Å². The summed E-state index contributed by atoms with van der Waals surface area (Å²) in [5, 5.41) is 5.01. The van der Waals surface area contributed by atoms with Crippen LogP contribution in [0.25, 0.3) is 10.9 Å². The van der Waals surface area contributed by atoms with Gasteiger partial charge in [-0.25, -0.2) is 4.68 Å². The van der Waals surface area contributed by atoms with E-state index < -0.39 is 0 Å². The molecule has 4 rings (SSSR count). The third-order valence-electron chi connectivity index (χ3n) is 5.27. The molecule has 1 fully saturated rings. The Balaban J connectivity index is 1.41. The average Bonchev–Trinajstić information content (AvgIpc) is 2.73. The van der Waals surface area contributed by atoms with Gasteiger partial charge in [-0.15, -0.1) is 0 Å². The third-order valence-corrected chi connectivity index (χ3v) is 5.27. The molecule has 29 heavy (non-hydrogen) atoms. The number of amides is 1. The Kier molecular flexibility index (Phi) is 5.26. The SMILES string of the molecule is Cc1ccc(=O)n(CCN2CCN(C(=O)c3cc(=O)[nH]c4ccccc34)CC2)n1. The van der Waals surface area contributed by atoms with E-state index in [9.17, 15) is 14.4 Å². The monoisotopic (exact) mass is 393 g/mol. The number of hydrogen-bond donors (Lipinski definition) is 1. The maximum atomic E-state index is 13.0. The molecule has 1 aliphatic rings. The van der Waals surface area contributed by atoms with Gasteiger partial charge in [-0.05, 0) is 19.1 Å². The molecular weight excluding hydrogens is 370 g/mol. The number of fused-ring (bicyclic) bond motifs is 1. The number of nitrogens with zero attached hydrogens (tertiary/aromatic N) is 4. The topological polar surface area (TPSA) is 91.3 Å². The van der Waals surface area contributed by atoms with Crippen LogP contribution in [0.15, 0.2) is 52.1 Å². The number of hydrogen-bond acceptors (Lipinski definition) is 5. The molecule has 1 N–H and O–H groups in total. The lowest BCUT2D eigenvalue weighted by molar-refractivity contribution is 0.0633. The highest BCUT2D eigenvalue weighted by molar-refractivity contribution is 6.05. The minimum Gasteiger partial charge on any atom is -0.336 e. The Morgan fingerprint density at radius 1 is 1.03 bits per heavy atom. The second-order valence-electron chi connectivity index (χ2n) is 7.26. The minimum absolute atomic E-state index is 0.106. The lowest BCUT2D eigenvalue weighted by atomic mass is 10.1. The van der Waals surface area contributed by atoms with Gasteiger partial charge in [-0.3, -0.25) is 19.3 Å². The number of aryl methyl sites for hydroxylation is 1. The summed E-state index contributed by atoms with van der Waals surface area (Å²) in [6.07, 6.45) is 0. The summed E-state index contributed by atoms with van der Waals surface area (Å²) in [7, 11) is 0. The van der Waals surface area contributed by atoms with Crippen molar-refractivity contribution in [1.29, 1.82) is 0 Å². The van der Waals surface area contributed by atoms with Crippen molar-refractivity contribution in [2.24, 2.45) is 0 Å². The normalized spacial score (nSPS) is 15.0. The summed E-state index contributed by atoms with van der Waals surface area (Å²) in [6, 6.07) is 12.0. The molecule has 0 aliphatic carbocycles. The largest absolute Gasteiger partial charge is 0.336 e. The molecule has 3 heterocycles. The highest BCUT2D eigenvalue weighted by atomic mass is 16.2. The first-order valence-electron chi connectivity index (χ1n) is 9.70. The average molecular weight is 393 g/mol. The van der Waals surface area contributed by atoms with E-state index in [1.807, 2.05) is 25.1 Å². The van der Waals surface area contributed by atoms with E-state index in [-0.39, 0.29) is 17.0 Å². The summed E-state index contributed by atoms with van der Waals surface area (Å²) < 4.78 is 1.48. The molecule has 0 bridgehead atoms. The molecule has 0 unspecified atom stereocenters. The Bertz CT molecular complexity index is 1160. The zero-order valence-corrected chi connectivity index (χ0v) is 16.3. The Morgan fingerprint density at radius 2 is 1.79 bits per heavy atom. The minimum atomic E-state index is -0.276. The molecule has 0 spiro atoms. The second-order valence-corrected chi connectivity index (χ2v) is 7.26. The van der Waals surface area contributed by atoms with E-state index in [0.29, 0.717) is 50.3 Å². The van der Waals surface area contributed by atoms with Crippen molar-refractivity contribution in [3.63, 3.8) is 0 Å². The number of nitrogens with one attached hydrogen (secondary N) is 1. The van der Waals surface area contributed by atoms with Crippen LogP contribution in [0.2, 0.25) is 0 Å². The van der Waals surface area contributed by atoms with Crippen LogP contribution in [0.5, 0.6) is 0 Å². The fourth-order valence-corrected chi connectivity index (χ4v) is 3.67. The molecule has 2 aromatic heterocycles.